The van der Waals surface area contributed by atoms with Crippen LogP contribution in [-0.4, -0.2) is 6.04 Å². The van der Waals surface area contributed by atoms with E-state index in [2.05, 4.69) is 20.8 Å². The molecule has 0 radical (unpaired) electrons. The summed E-state index contributed by atoms with van der Waals surface area (Å²) in [6, 6.07) is 0.466. The van der Waals surface area contributed by atoms with Crippen LogP contribution in [0.4, 0.5) is 0 Å². The van der Waals surface area contributed by atoms with E-state index in [1.807, 2.05) is 0 Å². The molecule has 0 aromatic carbocycles. The van der Waals surface area contributed by atoms with Crippen LogP contribution in [-0.2, 0) is 0 Å². The van der Waals surface area contributed by atoms with Crippen molar-refractivity contribution in [3.63, 3.8) is 0 Å². The normalized spacial score (nSPS) is 20.4. The highest BCUT2D eigenvalue weighted by Crippen LogP contribution is 2.50. The van der Waals surface area contributed by atoms with Gasteiger partial charge in [0.05, 0.1) is 0 Å². The van der Waals surface area contributed by atoms with Crippen molar-refractivity contribution in [2.24, 2.45) is 23.5 Å². The highest BCUT2D eigenvalue weighted by atomic mass is 14.6. The summed E-state index contributed by atoms with van der Waals surface area (Å²) in [5, 5.41) is 0. The minimum atomic E-state index is 0.466. The predicted molar refractivity (Wildman–Crippen MR) is 137 cm³/mol. The highest BCUT2D eigenvalue weighted by molar-refractivity contribution is 4.90. The zero-order valence-electron chi connectivity index (χ0n) is 21.4. The van der Waals surface area contributed by atoms with Crippen molar-refractivity contribution in [2.45, 2.75) is 168 Å². The molecule has 0 saturated heterocycles. The molecule has 2 unspecified atom stereocenters. The predicted octanol–water partition coefficient (Wildman–Crippen LogP) is 9.82. The number of rotatable bonds is 23. The second-order valence-corrected chi connectivity index (χ2v) is 10.7. The maximum Gasteiger partial charge on any atom is 0.00388 e. The Hall–Kier alpha value is -0.0400. The highest BCUT2D eigenvalue weighted by Gasteiger charge is 2.40. The lowest BCUT2D eigenvalue weighted by Gasteiger charge is -2.15. The Bertz CT molecular complexity index is 352. The Morgan fingerprint density at radius 2 is 1.07 bits per heavy atom. The summed E-state index contributed by atoms with van der Waals surface area (Å²) >= 11 is 0. The van der Waals surface area contributed by atoms with Gasteiger partial charge in [-0.25, -0.2) is 0 Å². The average Bonchev–Trinajstić information content (AvgIpc) is 3.52. The quantitative estimate of drug-likeness (QED) is 0.163. The topological polar surface area (TPSA) is 26.0 Å². The van der Waals surface area contributed by atoms with Crippen molar-refractivity contribution < 1.29 is 0 Å². The summed E-state index contributed by atoms with van der Waals surface area (Å²) in [6.07, 6.45) is 31.3. The first-order chi connectivity index (χ1) is 14.7. The number of hydrogen-bond acceptors (Lipinski definition) is 1. The van der Waals surface area contributed by atoms with Crippen LogP contribution in [0, 0.1) is 17.8 Å². The molecule has 0 spiro atoms. The summed E-state index contributed by atoms with van der Waals surface area (Å²) in [5.41, 5.74) is 6.34. The first kappa shape index (κ1) is 28.0. The molecule has 0 bridgehead atoms. The molecule has 0 heterocycles. The Morgan fingerprint density at radius 3 is 1.60 bits per heavy atom. The average molecular weight is 422 g/mol. The fourth-order valence-electron chi connectivity index (χ4n) is 5.59. The monoisotopic (exact) mass is 421 g/mol. The fraction of sp³-hybridized carbons (Fsp3) is 1.00. The van der Waals surface area contributed by atoms with Crippen molar-refractivity contribution >= 4 is 0 Å². The van der Waals surface area contributed by atoms with Crippen molar-refractivity contribution in [3.05, 3.63) is 0 Å². The van der Waals surface area contributed by atoms with Crippen LogP contribution in [0.5, 0.6) is 0 Å². The van der Waals surface area contributed by atoms with Crippen LogP contribution >= 0.6 is 0 Å². The van der Waals surface area contributed by atoms with Crippen molar-refractivity contribution in [1.82, 2.24) is 0 Å². The zero-order valence-corrected chi connectivity index (χ0v) is 21.4. The van der Waals surface area contributed by atoms with E-state index in [0.29, 0.717) is 6.04 Å². The summed E-state index contributed by atoms with van der Waals surface area (Å²) < 4.78 is 0. The minimum absolute atomic E-state index is 0.466. The molecule has 30 heavy (non-hydrogen) atoms. The lowest BCUT2D eigenvalue weighted by atomic mass is 9.91. The van der Waals surface area contributed by atoms with Crippen molar-refractivity contribution in [2.75, 3.05) is 0 Å². The van der Waals surface area contributed by atoms with E-state index in [9.17, 15) is 0 Å². The third-order valence-electron chi connectivity index (χ3n) is 7.86. The molecule has 1 aliphatic carbocycles. The molecule has 1 fully saturated rings. The molecule has 1 aliphatic rings. The van der Waals surface area contributed by atoms with E-state index in [1.165, 1.54) is 135 Å². The van der Waals surface area contributed by atoms with Gasteiger partial charge in [0, 0.05) is 6.04 Å². The molecule has 4 atom stereocenters. The van der Waals surface area contributed by atoms with Gasteiger partial charge in [-0.2, -0.15) is 0 Å². The van der Waals surface area contributed by atoms with E-state index < -0.39 is 0 Å². The maximum absolute atomic E-state index is 6.34. The maximum atomic E-state index is 6.34. The van der Waals surface area contributed by atoms with Gasteiger partial charge in [0.15, 0.2) is 0 Å². The Kier molecular flexibility index (Phi) is 18.3. The van der Waals surface area contributed by atoms with Gasteiger partial charge < -0.3 is 5.73 Å². The van der Waals surface area contributed by atoms with E-state index in [0.717, 1.165) is 17.8 Å². The van der Waals surface area contributed by atoms with E-state index >= 15 is 0 Å². The molecule has 0 aromatic heterocycles. The molecule has 0 aliphatic heterocycles. The van der Waals surface area contributed by atoms with Crippen LogP contribution in [0.3, 0.4) is 0 Å². The molecule has 180 valence electrons. The van der Waals surface area contributed by atoms with Crippen LogP contribution in [0.2, 0.25) is 0 Å². The first-order valence-corrected chi connectivity index (χ1v) is 14.5. The summed E-state index contributed by atoms with van der Waals surface area (Å²) in [6.45, 7) is 7.04. The SMILES string of the molecule is CCCCCCCCC(N)CCCCCCC(CC)[C@H]1C[C@H]1CCCCCCCC. The molecule has 1 saturated carbocycles. The van der Waals surface area contributed by atoms with Gasteiger partial charge in [-0.1, -0.05) is 143 Å². The first-order valence-electron chi connectivity index (χ1n) is 14.5. The summed E-state index contributed by atoms with van der Waals surface area (Å²) in [4.78, 5) is 0. The second kappa shape index (κ2) is 19.6. The van der Waals surface area contributed by atoms with Gasteiger partial charge in [-0.3, -0.25) is 0 Å². The molecular formula is C29H59N. The van der Waals surface area contributed by atoms with Crippen molar-refractivity contribution in [1.29, 1.82) is 0 Å². The lowest BCUT2D eigenvalue weighted by molar-refractivity contribution is 0.366. The third kappa shape index (κ3) is 14.9. The summed E-state index contributed by atoms with van der Waals surface area (Å²) in [5.74, 6) is 3.22. The van der Waals surface area contributed by atoms with Gasteiger partial charge in [0.1, 0.15) is 0 Å². The molecule has 1 rings (SSSR count). The van der Waals surface area contributed by atoms with Crippen molar-refractivity contribution in [3.8, 4) is 0 Å². The molecular weight excluding hydrogens is 362 g/mol. The standard InChI is InChI=1S/C29H59N/c1-4-7-9-11-13-18-22-27-25-29(27)26(6-3)21-17-15-16-20-24-28(30)23-19-14-12-10-8-5-2/h26-29H,4-25,30H2,1-3H3/t26?,27-,28?,29-/m1/s1. The second-order valence-electron chi connectivity index (χ2n) is 10.7. The van der Waals surface area contributed by atoms with E-state index in [4.69, 9.17) is 5.73 Å². The van der Waals surface area contributed by atoms with Crippen LogP contribution in [0.15, 0.2) is 0 Å². The van der Waals surface area contributed by atoms with Gasteiger partial charge in [0.25, 0.3) is 0 Å². The zero-order chi connectivity index (χ0) is 21.9. The Morgan fingerprint density at radius 1 is 0.600 bits per heavy atom. The largest absolute Gasteiger partial charge is 0.328 e. The molecule has 0 amide bonds. The van der Waals surface area contributed by atoms with E-state index in [1.54, 1.807) is 6.42 Å². The van der Waals surface area contributed by atoms with Crippen LogP contribution < -0.4 is 5.73 Å². The Labute approximate surface area is 191 Å². The van der Waals surface area contributed by atoms with Crippen LogP contribution in [0.1, 0.15) is 162 Å². The molecule has 1 nitrogen and oxygen atoms in total. The number of hydrogen-bond donors (Lipinski definition) is 1. The molecule has 2 N–H and O–H groups in total. The van der Waals surface area contributed by atoms with Gasteiger partial charge in [-0.15, -0.1) is 0 Å². The molecule has 0 aromatic rings. The number of nitrogens with two attached hydrogens (primary N) is 1. The van der Waals surface area contributed by atoms with Gasteiger partial charge >= 0.3 is 0 Å². The minimum Gasteiger partial charge on any atom is -0.328 e. The fourth-order valence-corrected chi connectivity index (χ4v) is 5.59. The van der Waals surface area contributed by atoms with Gasteiger partial charge in [-0.05, 0) is 37.0 Å². The molecule has 1 heteroatoms. The Balaban J connectivity index is 1.91. The summed E-state index contributed by atoms with van der Waals surface area (Å²) in [7, 11) is 0. The third-order valence-corrected chi connectivity index (χ3v) is 7.86. The lowest BCUT2D eigenvalue weighted by Crippen LogP contribution is -2.19. The van der Waals surface area contributed by atoms with Crippen LogP contribution in [0.25, 0.3) is 0 Å². The van der Waals surface area contributed by atoms with Gasteiger partial charge in [0.2, 0.25) is 0 Å². The smallest absolute Gasteiger partial charge is 0.00388 e. The van der Waals surface area contributed by atoms with E-state index in [-0.39, 0.29) is 0 Å². The number of unbranched alkanes of at least 4 members (excludes halogenated alkanes) is 13.